The second-order valence-electron chi connectivity index (χ2n) is 7.97. The molecule has 0 spiro atoms. The van der Waals surface area contributed by atoms with Crippen LogP contribution in [0.25, 0.3) is 0 Å². The van der Waals surface area contributed by atoms with Crippen LogP contribution in [0.5, 0.6) is 5.75 Å². The fourth-order valence-electron chi connectivity index (χ4n) is 5.01. The van der Waals surface area contributed by atoms with E-state index in [0.29, 0.717) is 5.02 Å². The van der Waals surface area contributed by atoms with Gasteiger partial charge in [-0.1, -0.05) is 68.0 Å². The van der Waals surface area contributed by atoms with Crippen molar-refractivity contribution in [2.75, 3.05) is 5.32 Å². The van der Waals surface area contributed by atoms with Crippen LogP contribution in [0, 0.1) is 12.8 Å². The van der Waals surface area contributed by atoms with Crippen LogP contribution in [0.1, 0.15) is 61.6 Å². The Morgan fingerprint density at radius 1 is 1.00 bits per heavy atom. The first-order valence-electron chi connectivity index (χ1n) is 9.95. The van der Waals surface area contributed by atoms with Gasteiger partial charge in [0.25, 0.3) is 0 Å². The minimum atomic E-state index is -0.738. The van der Waals surface area contributed by atoms with E-state index in [1.54, 1.807) is 12.1 Å². The lowest BCUT2D eigenvalue weighted by atomic mass is 9.63. The van der Waals surface area contributed by atoms with Gasteiger partial charge in [-0.2, -0.15) is 0 Å². The van der Waals surface area contributed by atoms with Gasteiger partial charge >= 0.3 is 0 Å². The number of phenolic OH excluding ortho intramolecular Hbond substituents is 1. The number of aryl methyl sites for hydroxylation is 1. The summed E-state index contributed by atoms with van der Waals surface area (Å²) >= 11 is 6.59. The van der Waals surface area contributed by atoms with Crippen LogP contribution in [-0.2, 0) is 10.2 Å². The Hall–Kier alpha value is -2.00. The summed E-state index contributed by atoms with van der Waals surface area (Å²) in [5, 5.41) is 13.5. The predicted octanol–water partition coefficient (Wildman–Crippen LogP) is 5.95. The number of carbonyl (C=O) groups excluding carboxylic acids is 1. The van der Waals surface area contributed by atoms with E-state index in [9.17, 15) is 9.90 Å². The van der Waals surface area contributed by atoms with Gasteiger partial charge in [-0.05, 0) is 54.5 Å². The van der Waals surface area contributed by atoms with Gasteiger partial charge in [0.05, 0.1) is 10.7 Å². The van der Waals surface area contributed by atoms with Crippen molar-refractivity contribution in [3.8, 4) is 5.75 Å². The SMILES string of the molecule is Cc1ccc2c(c1Cl)NC(=O)C2(c1ccc(O)cc1)C1CCCCCCC1. The van der Waals surface area contributed by atoms with Gasteiger partial charge in [-0.3, -0.25) is 4.79 Å². The van der Waals surface area contributed by atoms with Gasteiger partial charge in [0, 0.05) is 0 Å². The molecule has 0 aromatic heterocycles. The minimum absolute atomic E-state index is 0.0151. The number of amides is 1. The number of rotatable bonds is 2. The zero-order valence-electron chi connectivity index (χ0n) is 15.7. The number of hydrogen-bond acceptors (Lipinski definition) is 2. The van der Waals surface area contributed by atoms with Gasteiger partial charge in [0.15, 0.2) is 0 Å². The Balaban J connectivity index is 1.93. The van der Waals surface area contributed by atoms with E-state index in [2.05, 4.69) is 11.4 Å². The lowest BCUT2D eigenvalue weighted by Crippen LogP contribution is -2.43. The van der Waals surface area contributed by atoms with Crippen molar-refractivity contribution in [2.24, 2.45) is 5.92 Å². The van der Waals surface area contributed by atoms with E-state index in [-0.39, 0.29) is 17.6 Å². The fourth-order valence-corrected chi connectivity index (χ4v) is 5.22. The van der Waals surface area contributed by atoms with Gasteiger partial charge in [0.1, 0.15) is 11.2 Å². The lowest BCUT2D eigenvalue weighted by Gasteiger charge is -2.38. The molecule has 1 aliphatic carbocycles. The summed E-state index contributed by atoms with van der Waals surface area (Å²) in [4.78, 5) is 13.6. The Bertz CT molecular complexity index is 853. The molecule has 1 amide bonds. The topological polar surface area (TPSA) is 49.3 Å². The van der Waals surface area contributed by atoms with Crippen molar-refractivity contribution >= 4 is 23.2 Å². The van der Waals surface area contributed by atoms with Crippen LogP contribution < -0.4 is 5.32 Å². The van der Waals surface area contributed by atoms with Gasteiger partial charge in [-0.25, -0.2) is 0 Å². The zero-order chi connectivity index (χ0) is 19.0. The molecule has 0 saturated heterocycles. The molecule has 0 radical (unpaired) electrons. The maximum absolute atomic E-state index is 13.6. The number of halogens is 1. The summed E-state index contributed by atoms with van der Waals surface area (Å²) in [5.41, 5.74) is 2.92. The highest BCUT2D eigenvalue weighted by atomic mass is 35.5. The number of carbonyl (C=O) groups is 1. The Morgan fingerprint density at radius 2 is 1.63 bits per heavy atom. The summed E-state index contributed by atoms with van der Waals surface area (Å²) in [6.45, 7) is 1.96. The molecule has 1 aliphatic heterocycles. The average molecular weight is 384 g/mol. The molecule has 1 atom stereocenters. The van der Waals surface area contributed by atoms with E-state index in [4.69, 9.17) is 11.6 Å². The molecule has 4 rings (SSSR count). The quantitative estimate of drug-likeness (QED) is 0.672. The molecule has 142 valence electrons. The third kappa shape index (κ3) is 2.93. The molecule has 2 aliphatic rings. The van der Waals surface area contributed by atoms with Gasteiger partial charge in [0.2, 0.25) is 5.91 Å². The van der Waals surface area contributed by atoms with Crippen molar-refractivity contribution in [3.63, 3.8) is 0 Å². The van der Waals surface area contributed by atoms with Crippen molar-refractivity contribution in [1.29, 1.82) is 0 Å². The maximum atomic E-state index is 13.6. The second-order valence-corrected chi connectivity index (χ2v) is 8.35. The normalized spacial score (nSPS) is 23.4. The van der Waals surface area contributed by atoms with Crippen LogP contribution >= 0.6 is 11.6 Å². The van der Waals surface area contributed by atoms with Crippen LogP contribution in [0.2, 0.25) is 5.02 Å². The minimum Gasteiger partial charge on any atom is -0.508 e. The fraction of sp³-hybridized carbons (Fsp3) is 0.435. The number of phenols is 1. The molecule has 0 bridgehead atoms. The predicted molar refractivity (Wildman–Crippen MR) is 110 cm³/mol. The molecule has 27 heavy (non-hydrogen) atoms. The molecule has 1 unspecified atom stereocenters. The molecular weight excluding hydrogens is 358 g/mol. The Morgan fingerprint density at radius 3 is 2.30 bits per heavy atom. The van der Waals surface area contributed by atoms with Crippen molar-refractivity contribution < 1.29 is 9.90 Å². The Kier molecular flexibility index (Phi) is 4.90. The van der Waals surface area contributed by atoms with E-state index in [1.807, 2.05) is 25.1 Å². The van der Waals surface area contributed by atoms with Crippen LogP contribution in [0.3, 0.4) is 0 Å². The first-order valence-corrected chi connectivity index (χ1v) is 10.3. The summed E-state index contributed by atoms with van der Waals surface area (Å²) in [6, 6.07) is 11.2. The third-order valence-corrected chi connectivity index (χ3v) is 6.88. The van der Waals surface area contributed by atoms with Crippen molar-refractivity contribution in [3.05, 3.63) is 58.1 Å². The summed E-state index contributed by atoms with van der Waals surface area (Å²) in [6.07, 6.45) is 8.08. The largest absolute Gasteiger partial charge is 0.508 e. The molecule has 2 aromatic rings. The van der Waals surface area contributed by atoms with Crippen LogP contribution in [0.4, 0.5) is 5.69 Å². The molecular formula is C23H26ClNO2. The molecule has 1 saturated carbocycles. The van der Waals surface area contributed by atoms with Crippen molar-refractivity contribution in [2.45, 2.75) is 57.3 Å². The van der Waals surface area contributed by atoms with E-state index in [0.717, 1.165) is 48.1 Å². The highest BCUT2D eigenvalue weighted by molar-refractivity contribution is 6.35. The van der Waals surface area contributed by atoms with Gasteiger partial charge in [-0.15, -0.1) is 0 Å². The highest BCUT2D eigenvalue weighted by Gasteiger charge is 2.53. The smallest absolute Gasteiger partial charge is 0.239 e. The molecule has 3 nitrogen and oxygen atoms in total. The number of benzene rings is 2. The molecule has 2 aromatic carbocycles. The summed E-state index contributed by atoms with van der Waals surface area (Å²) in [5.74, 6) is 0.454. The van der Waals surface area contributed by atoms with E-state index in [1.165, 1.54) is 19.3 Å². The summed E-state index contributed by atoms with van der Waals surface area (Å²) < 4.78 is 0. The van der Waals surface area contributed by atoms with E-state index >= 15 is 0 Å². The maximum Gasteiger partial charge on any atom is 0.239 e. The van der Waals surface area contributed by atoms with E-state index < -0.39 is 5.41 Å². The number of anilines is 1. The first-order chi connectivity index (χ1) is 13.0. The molecule has 4 heteroatoms. The number of fused-ring (bicyclic) bond motifs is 1. The highest BCUT2D eigenvalue weighted by Crippen LogP contribution is 2.53. The third-order valence-electron chi connectivity index (χ3n) is 6.40. The molecule has 1 fully saturated rings. The monoisotopic (exact) mass is 383 g/mol. The molecule has 1 heterocycles. The standard InChI is InChI=1S/C23H26ClNO2/c1-15-9-14-19-21(20(15)24)25-22(27)23(19,17-10-12-18(26)13-11-17)16-7-5-3-2-4-6-8-16/h9-14,16,26H,2-8H2,1H3,(H,25,27). The average Bonchev–Trinajstić information content (AvgIpc) is 2.92. The molecule has 2 N–H and O–H groups in total. The second kappa shape index (κ2) is 7.20. The number of nitrogens with one attached hydrogen (secondary N) is 1. The number of hydrogen-bond donors (Lipinski definition) is 2. The Labute approximate surface area is 165 Å². The first kappa shape index (κ1) is 18.4. The van der Waals surface area contributed by atoms with Crippen molar-refractivity contribution in [1.82, 2.24) is 0 Å². The summed E-state index contributed by atoms with van der Waals surface area (Å²) in [7, 11) is 0. The number of aromatic hydroxyl groups is 1. The van der Waals surface area contributed by atoms with Crippen LogP contribution in [0.15, 0.2) is 36.4 Å². The van der Waals surface area contributed by atoms with Gasteiger partial charge < -0.3 is 10.4 Å². The lowest BCUT2D eigenvalue weighted by molar-refractivity contribution is -0.121. The van der Waals surface area contributed by atoms with Crippen LogP contribution in [-0.4, -0.2) is 11.0 Å². The zero-order valence-corrected chi connectivity index (χ0v) is 16.5.